The highest BCUT2D eigenvalue weighted by Gasteiger charge is 2.03. The van der Waals surface area contributed by atoms with E-state index in [0.29, 0.717) is 0 Å². The summed E-state index contributed by atoms with van der Waals surface area (Å²) >= 11 is 0. The Morgan fingerprint density at radius 1 is 1.26 bits per heavy atom. The van der Waals surface area contributed by atoms with Gasteiger partial charge in [0.25, 0.3) is 0 Å². The Labute approximate surface area is 112 Å². The van der Waals surface area contributed by atoms with Crippen LogP contribution in [0.25, 0.3) is 0 Å². The van der Waals surface area contributed by atoms with Gasteiger partial charge in [-0.3, -0.25) is 9.48 Å². The summed E-state index contributed by atoms with van der Waals surface area (Å²) in [5.74, 6) is -0.0632. The summed E-state index contributed by atoms with van der Waals surface area (Å²) in [7, 11) is 1.93. The van der Waals surface area contributed by atoms with Crippen LogP contribution in [0.15, 0.2) is 30.5 Å². The molecule has 19 heavy (non-hydrogen) atoms. The molecule has 0 aliphatic carbocycles. The number of rotatable bonds is 4. The topological polar surface area (TPSA) is 59.0 Å². The van der Waals surface area contributed by atoms with Crippen LogP contribution in [0.1, 0.15) is 18.2 Å². The molecule has 0 spiro atoms. The van der Waals surface area contributed by atoms with Crippen molar-refractivity contribution in [2.75, 3.05) is 10.6 Å². The maximum atomic E-state index is 10.9. The Kier molecular flexibility index (Phi) is 3.85. The Morgan fingerprint density at radius 3 is 2.42 bits per heavy atom. The van der Waals surface area contributed by atoms with Crippen LogP contribution >= 0.6 is 0 Å². The van der Waals surface area contributed by atoms with E-state index in [-0.39, 0.29) is 5.91 Å². The van der Waals surface area contributed by atoms with E-state index in [4.69, 9.17) is 0 Å². The Hall–Kier alpha value is -2.30. The van der Waals surface area contributed by atoms with Crippen molar-refractivity contribution in [3.05, 3.63) is 41.7 Å². The Morgan fingerprint density at radius 2 is 1.89 bits per heavy atom. The van der Waals surface area contributed by atoms with Crippen molar-refractivity contribution in [2.45, 2.75) is 20.4 Å². The number of hydrogen-bond acceptors (Lipinski definition) is 3. The van der Waals surface area contributed by atoms with Gasteiger partial charge >= 0.3 is 0 Å². The fraction of sp³-hybridized carbons (Fsp3) is 0.286. The van der Waals surface area contributed by atoms with Gasteiger partial charge in [0, 0.05) is 43.1 Å². The molecular formula is C14H18N4O. The summed E-state index contributed by atoms with van der Waals surface area (Å²) in [6.07, 6.45) is 1.87. The molecule has 5 heteroatoms. The maximum absolute atomic E-state index is 10.9. The zero-order chi connectivity index (χ0) is 13.8. The number of aryl methyl sites for hydroxylation is 1. The summed E-state index contributed by atoms with van der Waals surface area (Å²) in [6.45, 7) is 4.28. The first-order valence-corrected chi connectivity index (χ1v) is 6.15. The van der Waals surface area contributed by atoms with Gasteiger partial charge in [-0.05, 0) is 31.2 Å². The molecule has 1 amide bonds. The quantitative estimate of drug-likeness (QED) is 0.884. The SMILES string of the molecule is CC(=O)Nc1ccc(NCc2cnn(C)c2C)cc1. The number of benzene rings is 1. The van der Waals surface area contributed by atoms with Gasteiger partial charge in [-0.2, -0.15) is 5.10 Å². The van der Waals surface area contributed by atoms with Crippen molar-refractivity contribution in [3.8, 4) is 0 Å². The van der Waals surface area contributed by atoms with Crippen molar-refractivity contribution in [3.63, 3.8) is 0 Å². The van der Waals surface area contributed by atoms with Gasteiger partial charge in [0.1, 0.15) is 0 Å². The van der Waals surface area contributed by atoms with Crippen LogP contribution in [0.4, 0.5) is 11.4 Å². The lowest BCUT2D eigenvalue weighted by atomic mass is 10.2. The predicted molar refractivity (Wildman–Crippen MR) is 76.0 cm³/mol. The summed E-state index contributed by atoms with van der Waals surface area (Å²) in [6, 6.07) is 7.63. The second kappa shape index (κ2) is 5.56. The van der Waals surface area contributed by atoms with Crippen LogP contribution in [0, 0.1) is 6.92 Å². The third-order valence-electron chi connectivity index (χ3n) is 3.03. The van der Waals surface area contributed by atoms with E-state index in [1.807, 2.05) is 49.1 Å². The van der Waals surface area contributed by atoms with Crippen molar-refractivity contribution in [1.82, 2.24) is 9.78 Å². The number of hydrogen-bond donors (Lipinski definition) is 2. The van der Waals surface area contributed by atoms with E-state index in [0.717, 1.165) is 23.6 Å². The molecule has 1 aromatic carbocycles. The molecule has 0 atom stereocenters. The molecule has 1 heterocycles. The minimum atomic E-state index is -0.0632. The number of aromatic nitrogens is 2. The van der Waals surface area contributed by atoms with E-state index < -0.39 is 0 Å². The normalized spacial score (nSPS) is 10.3. The van der Waals surface area contributed by atoms with Crippen LogP contribution < -0.4 is 10.6 Å². The average molecular weight is 258 g/mol. The van der Waals surface area contributed by atoms with Crippen LogP contribution in [-0.4, -0.2) is 15.7 Å². The van der Waals surface area contributed by atoms with Crippen molar-refractivity contribution in [2.24, 2.45) is 7.05 Å². The van der Waals surface area contributed by atoms with Gasteiger partial charge in [-0.25, -0.2) is 0 Å². The molecular weight excluding hydrogens is 240 g/mol. The minimum Gasteiger partial charge on any atom is -0.381 e. The maximum Gasteiger partial charge on any atom is 0.221 e. The molecule has 0 bridgehead atoms. The van der Waals surface area contributed by atoms with Crippen LogP contribution in [0.2, 0.25) is 0 Å². The second-order valence-electron chi connectivity index (χ2n) is 4.49. The number of nitrogens with one attached hydrogen (secondary N) is 2. The monoisotopic (exact) mass is 258 g/mol. The molecule has 0 fully saturated rings. The van der Waals surface area contributed by atoms with E-state index in [2.05, 4.69) is 15.7 Å². The highest BCUT2D eigenvalue weighted by molar-refractivity contribution is 5.88. The highest BCUT2D eigenvalue weighted by atomic mass is 16.1. The first-order chi connectivity index (χ1) is 9.06. The number of anilines is 2. The summed E-state index contributed by atoms with van der Waals surface area (Å²) in [4.78, 5) is 10.9. The molecule has 2 N–H and O–H groups in total. The molecule has 100 valence electrons. The lowest BCUT2D eigenvalue weighted by molar-refractivity contribution is -0.114. The van der Waals surface area contributed by atoms with Gasteiger partial charge in [-0.1, -0.05) is 0 Å². The molecule has 0 saturated heterocycles. The molecule has 0 saturated carbocycles. The van der Waals surface area contributed by atoms with Gasteiger partial charge in [0.05, 0.1) is 6.20 Å². The molecule has 2 aromatic rings. The van der Waals surface area contributed by atoms with Crippen molar-refractivity contribution >= 4 is 17.3 Å². The smallest absolute Gasteiger partial charge is 0.221 e. The zero-order valence-corrected chi connectivity index (χ0v) is 11.4. The molecule has 0 radical (unpaired) electrons. The predicted octanol–water partition coefficient (Wildman–Crippen LogP) is 2.30. The fourth-order valence-electron chi connectivity index (χ4n) is 1.79. The minimum absolute atomic E-state index is 0.0632. The van der Waals surface area contributed by atoms with Crippen molar-refractivity contribution in [1.29, 1.82) is 0 Å². The fourth-order valence-corrected chi connectivity index (χ4v) is 1.79. The lowest BCUT2D eigenvalue weighted by Gasteiger charge is -2.07. The molecule has 2 rings (SSSR count). The van der Waals surface area contributed by atoms with E-state index in [1.54, 1.807) is 0 Å². The first-order valence-electron chi connectivity index (χ1n) is 6.15. The number of amides is 1. The lowest BCUT2D eigenvalue weighted by Crippen LogP contribution is -2.06. The van der Waals surface area contributed by atoms with E-state index in [9.17, 15) is 4.79 Å². The molecule has 5 nitrogen and oxygen atoms in total. The van der Waals surface area contributed by atoms with Gasteiger partial charge in [0.15, 0.2) is 0 Å². The summed E-state index contributed by atoms with van der Waals surface area (Å²) in [5.41, 5.74) is 4.14. The van der Waals surface area contributed by atoms with Crippen LogP contribution in [0.3, 0.4) is 0 Å². The Bertz CT molecular complexity index is 572. The van der Waals surface area contributed by atoms with Crippen LogP contribution in [-0.2, 0) is 18.4 Å². The van der Waals surface area contributed by atoms with Gasteiger partial charge in [0.2, 0.25) is 5.91 Å². The standard InChI is InChI=1S/C14H18N4O/c1-10-12(9-16-18(10)3)8-15-13-4-6-14(7-5-13)17-11(2)19/h4-7,9,15H,8H2,1-3H3,(H,17,19). The third-order valence-corrected chi connectivity index (χ3v) is 3.03. The number of carbonyl (C=O) groups excluding carboxylic acids is 1. The zero-order valence-electron chi connectivity index (χ0n) is 11.4. The van der Waals surface area contributed by atoms with Gasteiger partial charge < -0.3 is 10.6 Å². The van der Waals surface area contributed by atoms with E-state index in [1.165, 1.54) is 12.5 Å². The van der Waals surface area contributed by atoms with Crippen molar-refractivity contribution < 1.29 is 4.79 Å². The molecule has 0 unspecified atom stereocenters. The second-order valence-corrected chi connectivity index (χ2v) is 4.49. The largest absolute Gasteiger partial charge is 0.381 e. The molecule has 0 aliphatic rings. The third kappa shape index (κ3) is 3.34. The summed E-state index contributed by atoms with van der Waals surface area (Å²) in [5, 5.41) is 10.3. The number of carbonyl (C=O) groups is 1. The average Bonchev–Trinajstić information content (AvgIpc) is 2.69. The highest BCUT2D eigenvalue weighted by Crippen LogP contribution is 2.15. The first kappa shape index (κ1) is 13.1. The number of nitrogens with zero attached hydrogens (tertiary/aromatic N) is 2. The Balaban J connectivity index is 1.96. The van der Waals surface area contributed by atoms with Crippen LogP contribution in [0.5, 0.6) is 0 Å². The molecule has 1 aromatic heterocycles. The van der Waals surface area contributed by atoms with Gasteiger partial charge in [-0.15, -0.1) is 0 Å². The summed E-state index contributed by atoms with van der Waals surface area (Å²) < 4.78 is 1.86. The molecule has 0 aliphatic heterocycles. The van der Waals surface area contributed by atoms with E-state index >= 15 is 0 Å².